The lowest BCUT2D eigenvalue weighted by molar-refractivity contribution is 0.518. The number of unbranched alkanes of at least 4 members (excludes halogenated alkanes) is 3. The van der Waals surface area contributed by atoms with Crippen LogP contribution in [0.1, 0.15) is 89.7 Å². The Labute approximate surface area is 131 Å². The molecule has 3 nitrogen and oxygen atoms in total. The Bertz CT molecular complexity index is 395. The highest BCUT2D eigenvalue weighted by atomic mass is 15.3. The lowest BCUT2D eigenvalue weighted by Gasteiger charge is -2.16. The van der Waals surface area contributed by atoms with Crippen LogP contribution in [0.4, 0.5) is 0 Å². The Morgan fingerprint density at radius 3 is 2.33 bits per heavy atom. The van der Waals surface area contributed by atoms with E-state index in [9.17, 15) is 0 Å². The zero-order valence-electron chi connectivity index (χ0n) is 14.8. The van der Waals surface area contributed by atoms with Crippen molar-refractivity contribution in [2.24, 2.45) is 0 Å². The molecular weight excluding hydrogens is 258 g/mol. The summed E-state index contributed by atoms with van der Waals surface area (Å²) in [5.74, 6) is 0. The number of aromatic nitrogens is 2. The summed E-state index contributed by atoms with van der Waals surface area (Å²) in [6.45, 7) is 13.4. The molecule has 1 atom stereocenters. The van der Waals surface area contributed by atoms with Gasteiger partial charge < -0.3 is 5.32 Å². The van der Waals surface area contributed by atoms with E-state index < -0.39 is 0 Å². The summed E-state index contributed by atoms with van der Waals surface area (Å²) in [6, 6.07) is 0.416. The van der Waals surface area contributed by atoms with Crippen LogP contribution in [-0.4, -0.2) is 16.3 Å². The predicted molar refractivity (Wildman–Crippen MR) is 91.8 cm³/mol. The zero-order valence-corrected chi connectivity index (χ0v) is 14.8. The minimum absolute atomic E-state index is 0.416. The summed E-state index contributed by atoms with van der Waals surface area (Å²) in [5, 5.41) is 8.54. The highest BCUT2D eigenvalue weighted by Crippen LogP contribution is 2.24. The van der Waals surface area contributed by atoms with Crippen molar-refractivity contribution in [3.63, 3.8) is 0 Å². The Hall–Kier alpha value is -0.830. The fraction of sp³-hybridized carbons (Fsp3) is 0.833. The standard InChI is InChI=1S/C18H35N3/c1-6-10-11-12-14-21-17(9-4)18(16(8-3)20-21)15(5)19-13-7-2/h15,19H,6-14H2,1-5H3. The lowest BCUT2D eigenvalue weighted by atomic mass is 10.0. The maximum absolute atomic E-state index is 4.90. The van der Waals surface area contributed by atoms with Crippen LogP contribution in [0, 0.1) is 0 Å². The molecule has 0 aromatic carbocycles. The van der Waals surface area contributed by atoms with Crippen molar-refractivity contribution in [1.29, 1.82) is 0 Å². The van der Waals surface area contributed by atoms with Crippen LogP contribution >= 0.6 is 0 Å². The summed E-state index contributed by atoms with van der Waals surface area (Å²) >= 11 is 0. The van der Waals surface area contributed by atoms with E-state index in [0.717, 1.165) is 25.9 Å². The first-order valence-electron chi connectivity index (χ1n) is 9.01. The van der Waals surface area contributed by atoms with Gasteiger partial charge in [0.05, 0.1) is 5.69 Å². The third kappa shape index (κ3) is 5.14. The van der Waals surface area contributed by atoms with Gasteiger partial charge in [0.1, 0.15) is 0 Å². The van der Waals surface area contributed by atoms with E-state index >= 15 is 0 Å². The molecule has 0 spiro atoms. The fourth-order valence-corrected chi connectivity index (χ4v) is 3.04. The molecule has 1 heterocycles. The molecule has 122 valence electrons. The SMILES string of the molecule is CCCCCCn1nc(CC)c(C(C)NCCC)c1CC. The van der Waals surface area contributed by atoms with Crippen LogP contribution < -0.4 is 5.32 Å². The molecule has 0 radical (unpaired) electrons. The molecule has 0 aliphatic carbocycles. The van der Waals surface area contributed by atoms with E-state index in [1.54, 1.807) is 0 Å². The average molecular weight is 293 g/mol. The van der Waals surface area contributed by atoms with Crippen LogP contribution in [0.25, 0.3) is 0 Å². The van der Waals surface area contributed by atoms with Gasteiger partial charge in [-0.2, -0.15) is 5.10 Å². The van der Waals surface area contributed by atoms with Crippen molar-refractivity contribution in [3.05, 3.63) is 17.0 Å². The molecule has 1 unspecified atom stereocenters. The van der Waals surface area contributed by atoms with E-state index in [1.807, 2.05) is 0 Å². The maximum Gasteiger partial charge on any atom is 0.0672 e. The van der Waals surface area contributed by atoms with Gasteiger partial charge in [-0.05, 0) is 39.2 Å². The molecule has 0 bridgehead atoms. The van der Waals surface area contributed by atoms with Crippen molar-refractivity contribution in [3.8, 4) is 0 Å². The van der Waals surface area contributed by atoms with Crippen molar-refractivity contribution >= 4 is 0 Å². The molecule has 0 saturated carbocycles. The number of rotatable bonds is 11. The van der Waals surface area contributed by atoms with Gasteiger partial charge in [0, 0.05) is 23.8 Å². The van der Waals surface area contributed by atoms with Crippen molar-refractivity contribution in [2.75, 3.05) is 6.54 Å². The second-order valence-corrected chi connectivity index (χ2v) is 5.97. The van der Waals surface area contributed by atoms with Crippen LogP contribution in [0.15, 0.2) is 0 Å². The van der Waals surface area contributed by atoms with Crippen LogP contribution in [0.5, 0.6) is 0 Å². The fourth-order valence-electron chi connectivity index (χ4n) is 3.04. The predicted octanol–water partition coefficient (Wildman–Crippen LogP) is 4.65. The molecule has 0 fully saturated rings. The number of nitrogens with zero attached hydrogens (tertiary/aromatic N) is 2. The summed E-state index contributed by atoms with van der Waals surface area (Å²) in [5.41, 5.74) is 4.20. The van der Waals surface area contributed by atoms with Crippen molar-refractivity contribution in [2.45, 2.75) is 92.2 Å². The summed E-state index contributed by atoms with van der Waals surface area (Å²) < 4.78 is 2.29. The molecule has 0 aliphatic rings. The van der Waals surface area contributed by atoms with Gasteiger partial charge in [0.25, 0.3) is 0 Å². The molecule has 21 heavy (non-hydrogen) atoms. The van der Waals surface area contributed by atoms with Crippen LogP contribution in [0.2, 0.25) is 0 Å². The van der Waals surface area contributed by atoms with Gasteiger partial charge in [0.15, 0.2) is 0 Å². The summed E-state index contributed by atoms with van der Waals surface area (Å²) in [6.07, 6.45) is 8.49. The molecule has 0 amide bonds. The quantitative estimate of drug-likeness (QED) is 0.602. The van der Waals surface area contributed by atoms with Gasteiger partial charge in [-0.15, -0.1) is 0 Å². The van der Waals surface area contributed by atoms with E-state index in [4.69, 9.17) is 5.10 Å². The maximum atomic E-state index is 4.90. The Morgan fingerprint density at radius 1 is 1.00 bits per heavy atom. The number of aryl methyl sites for hydroxylation is 2. The molecule has 1 aromatic heterocycles. The number of hydrogen-bond donors (Lipinski definition) is 1. The van der Waals surface area contributed by atoms with Crippen LogP contribution in [-0.2, 0) is 19.4 Å². The molecule has 1 rings (SSSR count). The van der Waals surface area contributed by atoms with E-state index in [-0.39, 0.29) is 0 Å². The first-order chi connectivity index (χ1) is 10.2. The van der Waals surface area contributed by atoms with Gasteiger partial charge in [0.2, 0.25) is 0 Å². The molecule has 1 aromatic rings. The number of hydrogen-bond acceptors (Lipinski definition) is 2. The minimum Gasteiger partial charge on any atom is -0.310 e. The lowest BCUT2D eigenvalue weighted by Crippen LogP contribution is -2.21. The molecule has 1 N–H and O–H groups in total. The first-order valence-corrected chi connectivity index (χ1v) is 9.01. The zero-order chi connectivity index (χ0) is 15.7. The van der Waals surface area contributed by atoms with Gasteiger partial charge >= 0.3 is 0 Å². The van der Waals surface area contributed by atoms with Crippen LogP contribution in [0.3, 0.4) is 0 Å². The number of nitrogens with one attached hydrogen (secondary N) is 1. The molecule has 3 heteroatoms. The Kier molecular flexibility index (Phi) is 8.67. The highest BCUT2D eigenvalue weighted by molar-refractivity contribution is 5.30. The second-order valence-electron chi connectivity index (χ2n) is 5.97. The molecule has 0 aliphatic heterocycles. The second kappa shape index (κ2) is 9.99. The average Bonchev–Trinajstić information content (AvgIpc) is 2.86. The molecular formula is C18H35N3. The van der Waals surface area contributed by atoms with Crippen molar-refractivity contribution in [1.82, 2.24) is 15.1 Å². The first kappa shape index (κ1) is 18.2. The van der Waals surface area contributed by atoms with Crippen molar-refractivity contribution < 1.29 is 0 Å². The summed E-state index contributed by atoms with van der Waals surface area (Å²) in [7, 11) is 0. The molecule has 0 saturated heterocycles. The normalized spacial score (nSPS) is 12.8. The van der Waals surface area contributed by atoms with Gasteiger partial charge in [-0.25, -0.2) is 0 Å². The monoisotopic (exact) mass is 293 g/mol. The Balaban J connectivity index is 2.87. The summed E-state index contributed by atoms with van der Waals surface area (Å²) in [4.78, 5) is 0. The third-order valence-corrected chi connectivity index (χ3v) is 4.20. The third-order valence-electron chi connectivity index (χ3n) is 4.20. The largest absolute Gasteiger partial charge is 0.310 e. The topological polar surface area (TPSA) is 29.9 Å². The van der Waals surface area contributed by atoms with Gasteiger partial charge in [-0.1, -0.05) is 47.0 Å². The van der Waals surface area contributed by atoms with E-state index in [2.05, 4.69) is 44.6 Å². The highest BCUT2D eigenvalue weighted by Gasteiger charge is 2.19. The van der Waals surface area contributed by atoms with E-state index in [1.165, 1.54) is 49.1 Å². The Morgan fingerprint density at radius 2 is 1.76 bits per heavy atom. The smallest absolute Gasteiger partial charge is 0.0672 e. The minimum atomic E-state index is 0.416. The van der Waals surface area contributed by atoms with E-state index in [0.29, 0.717) is 6.04 Å². The van der Waals surface area contributed by atoms with Gasteiger partial charge in [-0.3, -0.25) is 4.68 Å².